The molecule has 3 heteroatoms. The summed E-state index contributed by atoms with van der Waals surface area (Å²) < 4.78 is 1.05. The van der Waals surface area contributed by atoms with Crippen molar-refractivity contribution >= 4 is 22.1 Å². The van der Waals surface area contributed by atoms with Gasteiger partial charge in [0.05, 0.1) is 6.21 Å². The Balaban J connectivity index is 2.82. The van der Waals surface area contributed by atoms with Gasteiger partial charge in [-0.15, -0.1) is 5.16 Å². The van der Waals surface area contributed by atoms with E-state index in [1.165, 1.54) is 6.21 Å². The van der Waals surface area contributed by atoms with Gasteiger partial charge >= 0.3 is 0 Å². The molecule has 0 heterocycles. The van der Waals surface area contributed by atoms with Crippen molar-refractivity contribution in [1.82, 2.24) is 0 Å². The van der Waals surface area contributed by atoms with E-state index in [0.717, 1.165) is 10.0 Å². The molecule has 0 spiro atoms. The fraction of sp³-hybridized carbons (Fsp3) is 0.222. The molecule has 1 atom stereocenters. The molecule has 0 aliphatic carbocycles. The third kappa shape index (κ3) is 2.34. The molecule has 0 bridgehead atoms. The average Bonchev–Trinajstić information content (AvgIpc) is 2.06. The molecule has 0 saturated heterocycles. The molecule has 0 aliphatic heterocycles. The van der Waals surface area contributed by atoms with Crippen LogP contribution in [0.3, 0.4) is 0 Å². The van der Waals surface area contributed by atoms with Crippen LogP contribution in [0.2, 0.25) is 0 Å². The van der Waals surface area contributed by atoms with E-state index in [1.54, 1.807) is 0 Å². The van der Waals surface area contributed by atoms with E-state index >= 15 is 0 Å². The lowest BCUT2D eigenvalue weighted by Crippen LogP contribution is -1.93. The quantitative estimate of drug-likeness (QED) is 0.471. The van der Waals surface area contributed by atoms with Crippen molar-refractivity contribution in [2.24, 2.45) is 5.16 Å². The maximum absolute atomic E-state index is 8.31. The van der Waals surface area contributed by atoms with Crippen LogP contribution >= 0.6 is 15.9 Å². The molecular formula is C9H10BrNO. The van der Waals surface area contributed by atoms with E-state index in [4.69, 9.17) is 5.21 Å². The lowest BCUT2D eigenvalue weighted by Gasteiger charge is -2.03. The minimum Gasteiger partial charge on any atom is -0.411 e. The van der Waals surface area contributed by atoms with Crippen molar-refractivity contribution in [3.63, 3.8) is 0 Å². The fourth-order valence-electron chi connectivity index (χ4n) is 0.952. The van der Waals surface area contributed by atoms with Crippen LogP contribution in [0, 0.1) is 0 Å². The predicted octanol–water partition coefficient (Wildman–Crippen LogP) is 3.01. The van der Waals surface area contributed by atoms with Crippen molar-refractivity contribution in [2.45, 2.75) is 12.8 Å². The number of benzene rings is 1. The molecule has 0 aromatic heterocycles. The second kappa shape index (κ2) is 4.26. The number of hydrogen-bond donors (Lipinski definition) is 1. The first kappa shape index (κ1) is 9.26. The van der Waals surface area contributed by atoms with Crippen LogP contribution < -0.4 is 0 Å². The summed E-state index contributed by atoms with van der Waals surface area (Å²) in [4.78, 5) is 0. The standard InChI is InChI=1S/C9H10BrNO/c1-7(6-11-12)8-2-4-9(10)5-3-8/h2-7,12H,1H3/b11-6+. The topological polar surface area (TPSA) is 32.6 Å². The molecule has 0 radical (unpaired) electrons. The van der Waals surface area contributed by atoms with Gasteiger partial charge in [0, 0.05) is 10.4 Å². The predicted molar refractivity (Wildman–Crippen MR) is 52.8 cm³/mol. The van der Waals surface area contributed by atoms with E-state index in [1.807, 2.05) is 31.2 Å². The van der Waals surface area contributed by atoms with Crippen LogP contribution in [-0.2, 0) is 0 Å². The van der Waals surface area contributed by atoms with Gasteiger partial charge in [-0.05, 0) is 17.7 Å². The third-order valence-electron chi connectivity index (χ3n) is 1.69. The zero-order valence-corrected chi connectivity index (χ0v) is 8.32. The molecule has 1 unspecified atom stereocenters. The van der Waals surface area contributed by atoms with Crippen molar-refractivity contribution in [1.29, 1.82) is 0 Å². The number of rotatable bonds is 2. The zero-order valence-electron chi connectivity index (χ0n) is 6.74. The molecule has 0 amide bonds. The molecular weight excluding hydrogens is 218 g/mol. The van der Waals surface area contributed by atoms with E-state index in [2.05, 4.69) is 21.1 Å². The first-order chi connectivity index (χ1) is 5.74. The Morgan fingerprint density at radius 3 is 2.50 bits per heavy atom. The van der Waals surface area contributed by atoms with Gasteiger partial charge in [0.25, 0.3) is 0 Å². The Morgan fingerprint density at radius 2 is 2.00 bits per heavy atom. The van der Waals surface area contributed by atoms with Crippen molar-refractivity contribution < 1.29 is 5.21 Å². The second-order valence-corrected chi connectivity index (χ2v) is 3.52. The van der Waals surface area contributed by atoms with Crippen LogP contribution in [-0.4, -0.2) is 11.4 Å². The Hall–Kier alpha value is -0.830. The Bertz CT molecular complexity index is 268. The van der Waals surface area contributed by atoms with Crippen molar-refractivity contribution in [3.05, 3.63) is 34.3 Å². The Morgan fingerprint density at radius 1 is 1.42 bits per heavy atom. The molecule has 64 valence electrons. The van der Waals surface area contributed by atoms with Gasteiger partial charge in [0.2, 0.25) is 0 Å². The van der Waals surface area contributed by atoms with Gasteiger partial charge in [0.15, 0.2) is 0 Å². The summed E-state index contributed by atoms with van der Waals surface area (Å²) in [6.07, 6.45) is 1.50. The average molecular weight is 228 g/mol. The second-order valence-electron chi connectivity index (χ2n) is 2.60. The highest BCUT2D eigenvalue weighted by Crippen LogP contribution is 2.16. The summed E-state index contributed by atoms with van der Waals surface area (Å²) in [5, 5.41) is 11.3. The summed E-state index contributed by atoms with van der Waals surface area (Å²) in [5.41, 5.74) is 1.14. The fourth-order valence-corrected chi connectivity index (χ4v) is 1.22. The normalized spacial score (nSPS) is 13.5. The molecule has 2 nitrogen and oxygen atoms in total. The molecule has 0 fully saturated rings. The van der Waals surface area contributed by atoms with E-state index in [0.29, 0.717) is 0 Å². The molecule has 1 rings (SSSR count). The third-order valence-corrected chi connectivity index (χ3v) is 2.21. The van der Waals surface area contributed by atoms with E-state index in [9.17, 15) is 0 Å². The molecule has 0 saturated carbocycles. The summed E-state index contributed by atoms with van der Waals surface area (Å²) in [6, 6.07) is 7.93. The van der Waals surface area contributed by atoms with Crippen LogP contribution in [0.4, 0.5) is 0 Å². The zero-order chi connectivity index (χ0) is 8.97. The SMILES string of the molecule is CC(/C=N/O)c1ccc(Br)cc1. The van der Waals surface area contributed by atoms with Crippen LogP contribution in [0.5, 0.6) is 0 Å². The maximum atomic E-state index is 8.31. The van der Waals surface area contributed by atoms with Gasteiger partial charge in [-0.2, -0.15) is 0 Å². The van der Waals surface area contributed by atoms with Gasteiger partial charge < -0.3 is 5.21 Å². The van der Waals surface area contributed by atoms with E-state index in [-0.39, 0.29) is 5.92 Å². The highest BCUT2D eigenvalue weighted by atomic mass is 79.9. The minimum atomic E-state index is 0.156. The first-order valence-corrected chi connectivity index (χ1v) is 4.46. The van der Waals surface area contributed by atoms with Crippen LogP contribution in [0.25, 0.3) is 0 Å². The number of halogens is 1. The van der Waals surface area contributed by atoms with Gasteiger partial charge in [-0.1, -0.05) is 35.0 Å². The highest BCUT2D eigenvalue weighted by Gasteiger charge is 2.00. The Labute approximate surface area is 80.0 Å². The molecule has 1 aromatic carbocycles. The van der Waals surface area contributed by atoms with Crippen molar-refractivity contribution in [3.8, 4) is 0 Å². The maximum Gasteiger partial charge on any atom is 0.0507 e. The number of nitrogens with zero attached hydrogens (tertiary/aromatic N) is 1. The lowest BCUT2D eigenvalue weighted by atomic mass is 10.0. The summed E-state index contributed by atoms with van der Waals surface area (Å²) in [7, 11) is 0. The first-order valence-electron chi connectivity index (χ1n) is 3.67. The summed E-state index contributed by atoms with van der Waals surface area (Å²) in [6.45, 7) is 1.98. The smallest absolute Gasteiger partial charge is 0.0507 e. The molecule has 1 N–H and O–H groups in total. The van der Waals surface area contributed by atoms with Crippen LogP contribution in [0.1, 0.15) is 18.4 Å². The molecule has 1 aromatic rings. The Kier molecular flexibility index (Phi) is 3.29. The van der Waals surface area contributed by atoms with Crippen molar-refractivity contribution in [2.75, 3.05) is 0 Å². The monoisotopic (exact) mass is 227 g/mol. The summed E-state index contributed by atoms with van der Waals surface area (Å²) in [5.74, 6) is 0.156. The van der Waals surface area contributed by atoms with Crippen LogP contribution in [0.15, 0.2) is 33.9 Å². The number of oxime groups is 1. The largest absolute Gasteiger partial charge is 0.411 e. The molecule has 12 heavy (non-hydrogen) atoms. The minimum absolute atomic E-state index is 0.156. The number of hydrogen-bond acceptors (Lipinski definition) is 2. The van der Waals surface area contributed by atoms with Gasteiger partial charge in [0.1, 0.15) is 0 Å². The lowest BCUT2D eigenvalue weighted by molar-refractivity contribution is 0.320. The van der Waals surface area contributed by atoms with Gasteiger partial charge in [-0.25, -0.2) is 0 Å². The molecule has 0 aliphatic rings. The van der Waals surface area contributed by atoms with E-state index < -0.39 is 0 Å². The highest BCUT2D eigenvalue weighted by molar-refractivity contribution is 9.10. The summed E-state index contributed by atoms with van der Waals surface area (Å²) >= 11 is 3.35. The van der Waals surface area contributed by atoms with Gasteiger partial charge in [-0.3, -0.25) is 0 Å².